The molecule has 2 unspecified atom stereocenters. The number of hydrogen-bond acceptors (Lipinski definition) is 4. The highest BCUT2D eigenvalue weighted by Crippen LogP contribution is 2.28. The lowest BCUT2D eigenvalue weighted by molar-refractivity contribution is -0.133. The molecular formula is C21H26N2O4. The molecule has 2 amide bonds. The molecule has 0 heterocycles. The van der Waals surface area contributed by atoms with Gasteiger partial charge >= 0.3 is 0 Å². The zero-order valence-electron chi connectivity index (χ0n) is 15.9. The van der Waals surface area contributed by atoms with Gasteiger partial charge in [0.25, 0.3) is 11.8 Å². The smallest absolute Gasteiger partial charge is 0.279 e. The van der Waals surface area contributed by atoms with Crippen molar-refractivity contribution in [1.82, 2.24) is 10.9 Å². The lowest BCUT2D eigenvalue weighted by Crippen LogP contribution is -2.48. The lowest BCUT2D eigenvalue weighted by atomic mass is 9.98. The highest BCUT2D eigenvalue weighted by molar-refractivity contribution is 5.85. The first-order valence-electron chi connectivity index (χ1n) is 9.03. The summed E-state index contributed by atoms with van der Waals surface area (Å²) >= 11 is 0. The van der Waals surface area contributed by atoms with Crippen LogP contribution in [-0.4, -0.2) is 24.5 Å². The van der Waals surface area contributed by atoms with E-state index in [0.29, 0.717) is 17.4 Å². The van der Waals surface area contributed by atoms with Gasteiger partial charge in [-0.3, -0.25) is 20.4 Å². The van der Waals surface area contributed by atoms with E-state index in [2.05, 4.69) is 24.7 Å². The number of hydrazine groups is 1. The predicted octanol–water partition coefficient (Wildman–Crippen LogP) is 3.19. The fourth-order valence-electron chi connectivity index (χ4n) is 2.41. The van der Waals surface area contributed by atoms with Gasteiger partial charge in [0.2, 0.25) is 0 Å². The van der Waals surface area contributed by atoms with E-state index in [9.17, 15) is 9.59 Å². The molecule has 2 aromatic rings. The van der Waals surface area contributed by atoms with Crippen LogP contribution in [0, 0.1) is 0 Å². The van der Waals surface area contributed by atoms with Crippen molar-refractivity contribution in [3.63, 3.8) is 0 Å². The Morgan fingerprint density at radius 1 is 0.963 bits per heavy atom. The molecule has 2 rings (SSSR count). The van der Waals surface area contributed by atoms with Crippen molar-refractivity contribution in [3.8, 4) is 11.5 Å². The monoisotopic (exact) mass is 370 g/mol. The average molecular weight is 370 g/mol. The molecule has 144 valence electrons. The first kappa shape index (κ1) is 20.3. The number of rotatable bonds is 8. The van der Waals surface area contributed by atoms with Crippen LogP contribution >= 0.6 is 0 Å². The number of benzene rings is 2. The second-order valence-corrected chi connectivity index (χ2v) is 6.25. The summed E-state index contributed by atoms with van der Waals surface area (Å²) in [5, 5.41) is 0. The Balaban J connectivity index is 1.78. The zero-order chi connectivity index (χ0) is 19.6. The fraction of sp³-hybridized carbons (Fsp3) is 0.333. The third-order valence-electron chi connectivity index (χ3n) is 4.17. The third kappa shape index (κ3) is 6.33. The first-order chi connectivity index (χ1) is 13.0. The third-order valence-corrected chi connectivity index (χ3v) is 4.17. The number of amides is 2. The number of nitrogens with one attached hydrogen (secondary N) is 2. The van der Waals surface area contributed by atoms with Gasteiger partial charge in [-0.25, -0.2) is 0 Å². The molecule has 27 heavy (non-hydrogen) atoms. The van der Waals surface area contributed by atoms with Crippen LogP contribution in [0.5, 0.6) is 11.5 Å². The second-order valence-electron chi connectivity index (χ2n) is 6.25. The molecule has 0 radical (unpaired) electrons. The van der Waals surface area contributed by atoms with E-state index in [4.69, 9.17) is 9.47 Å². The Morgan fingerprint density at radius 3 is 2.33 bits per heavy atom. The van der Waals surface area contributed by atoms with Crippen LogP contribution in [0.2, 0.25) is 0 Å². The summed E-state index contributed by atoms with van der Waals surface area (Å²) in [5.74, 6) is 0.687. The van der Waals surface area contributed by atoms with Gasteiger partial charge in [0.15, 0.2) is 12.7 Å². The van der Waals surface area contributed by atoms with Gasteiger partial charge in [-0.15, -0.1) is 0 Å². The van der Waals surface area contributed by atoms with E-state index in [1.54, 1.807) is 19.1 Å². The Labute approximate surface area is 159 Å². The number of carbonyl (C=O) groups is 2. The lowest BCUT2D eigenvalue weighted by Gasteiger charge is -2.17. The van der Waals surface area contributed by atoms with Gasteiger partial charge in [0, 0.05) is 0 Å². The number of ether oxygens (including phenoxy) is 2. The minimum Gasteiger partial charge on any atom is -0.483 e. The van der Waals surface area contributed by atoms with Crippen molar-refractivity contribution < 1.29 is 19.1 Å². The minimum absolute atomic E-state index is 0.193. The van der Waals surface area contributed by atoms with Crippen LogP contribution in [0.25, 0.3) is 0 Å². The van der Waals surface area contributed by atoms with Crippen molar-refractivity contribution >= 4 is 11.8 Å². The zero-order valence-corrected chi connectivity index (χ0v) is 15.9. The Morgan fingerprint density at radius 2 is 1.63 bits per heavy atom. The van der Waals surface area contributed by atoms with Crippen LogP contribution in [-0.2, 0) is 9.59 Å². The molecule has 0 fully saturated rings. The SMILES string of the molecule is CCC(C)c1ccccc1OCC(=O)NNC(=O)C(C)Oc1ccccc1. The standard InChI is InChI=1S/C21H26N2O4/c1-4-15(2)18-12-8-9-13-19(18)26-14-20(24)22-23-21(25)16(3)27-17-10-6-5-7-11-17/h5-13,15-16H,4,14H2,1-3H3,(H,22,24)(H,23,25). The molecule has 2 aromatic carbocycles. The summed E-state index contributed by atoms with van der Waals surface area (Å²) < 4.78 is 11.1. The van der Waals surface area contributed by atoms with Crippen molar-refractivity contribution in [3.05, 3.63) is 60.2 Å². The topological polar surface area (TPSA) is 76.7 Å². The molecule has 0 aliphatic carbocycles. The van der Waals surface area contributed by atoms with Gasteiger partial charge in [-0.1, -0.05) is 50.2 Å². The molecule has 0 saturated heterocycles. The summed E-state index contributed by atoms with van der Waals surface area (Å²) in [6.07, 6.45) is 0.224. The van der Waals surface area contributed by atoms with E-state index < -0.39 is 17.9 Å². The van der Waals surface area contributed by atoms with Crippen LogP contribution in [0.3, 0.4) is 0 Å². The van der Waals surface area contributed by atoms with Gasteiger partial charge in [-0.2, -0.15) is 0 Å². The molecule has 6 heteroatoms. The highest BCUT2D eigenvalue weighted by atomic mass is 16.5. The maximum absolute atomic E-state index is 12.0. The first-order valence-corrected chi connectivity index (χ1v) is 9.03. The largest absolute Gasteiger partial charge is 0.483 e. The molecule has 0 aliphatic rings. The molecule has 0 bridgehead atoms. The van der Waals surface area contributed by atoms with Crippen LogP contribution in [0.15, 0.2) is 54.6 Å². The summed E-state index contributed by atoms with van der Waals surface area (Å²) in [6.45, 7) is 5.62. The predicted molar refractivity (Wildman–Crippen MR) is 103 cm³/mol. The van der Waals surface area contributed by atoms with Crippen molar-refractivity contribution in [2.45, 2.75) is 39.2 Å². The molecule has 2 N–H and O–H groups in total. The van der Waals surface area contributed by atoms with Crippen molar-refractivity contribution in [2.75, 3.05) is 6.61 Å². The van der Waals surface area contributed by atoms with Gasteiger partial charge in [0.1, 0.15) is 11.5 Å². The Kier molecular flexibility index (Phi) is 7.67. The fourth-order valence-corrected chi connectivity index (χ4v) is 2.41. The number of hydrogen-bond donors (Lipinski definition) is 2. The second kappa shape index (κ2) is 10.2. The van der Waals surface area contributed by atoms with Gasteiger partial charge < -0.3 is 9.47 Å². The van der Waals surface area contributed by atoms with Crippen LogP contribution in [0.1, 0.15) is 38.7 Å². The Bertz CT molecular complexity index is 749. The molecule has 0 aliphatic heterocycles. The molecule has 0 spiro atoms. The van der Waals surface area contributed by atoms with E-state index in [0.717, 1.165) is 12.0 Å². The van der Waals surface area contributed by atoms with E-state index in [1.807, 2.05) is 42.5 Å². The molecule has 0 saturated carbocycles. The highest BCUT2D eigenvalue weighted by Gasteiger charge is 2.16. The maximum Gasteiger partial charge on any atom is 0.279 e. The van der Waals surface area contributed by atoms with E-state index >= 15 is 0 Å². The average Bonchev–Trinajstić information content (AvgIpc) is 2.70. The van der Waals surface area contributed by atoms with E-state index in [-0.39, 0.29) is 6.61 Å². The van der Waals surface area contributed by atoms with E-state index in [1.165, 1.54) is 0 Å². The van der Waals surface area contributed by atoms with Crippen molar-refractivity contribution in [1.29, 1.82) is 0 Å². The molecular weight excluding hydrogens is 344 g/mol. The maximum atomic E-state index is 12.0. The summed E-state index contributed by atoms with van der Waals surface area (Å²) in [7, 11) is 0. The minimum atomic E-state index is -0.750. The number of carbonyl (C=O) groups excluding carboxylic acids is 2. The molecule has 0 aromatic heterocycles. The molecule has 6 nitrogen and oxygen atoms in total. The Hall–Kier alpha value is -3.02. The van der Waals surface area contributed by atoms with Crippen molar-refractivity contribution in [2.24, 2.45) is 0 Å². The summed E-state index contributed by atoms with van der Waals surface area (Å²) in [6, 6.07) is 16.6. The van der Waals surface area contributed by atoms with Crippen LogP contribution < -0.4 is 20.3 Å². The van der Waals surface area contributed by atoms with Crippen LogP contribution in [0.4, 0.5) is 0 Å². The van der Waals surface area contributed by atoms with Gasteiger partial charge in [0.05, 0.1) is 0 Å². The quantitative estimate of drug-likeness (QED) is 0.700. The summed E-state index contributed by atoms with van der Waals surface area (Å²) in [4.78, 5) is 24.0. The normalized spacial score (nSPS) is 12.6. The van der Waals surface area contributed by atoms with Gasteiger partial charge in [-0.05, 0) is 43.0 Å². The summed E-state index contributed by atoms with van der Waals surface area (Å²) in [5.41, 5.74) is 5.74. The molecule has 2 atom stereocenters. The number of para-hydroxylation sites is 2.